The van der Waals surface area contributed by atoms with Crippen molar-refractivity contribution in [3.63, 3.8) is 0 Å². The van der Waals surface area contributed by atoms with Crippen LogP contribution in [0.2, 0.25) is 0 Å². The zero-order valence-electron chi connectivity index (χ0n) is 10.1. The minimum atomic E-state index is -0.949. The highest BCUT2D eigenvalue weighted by Crippen LogP contribution is 2.20. The van der Waals surface area contributed by atoms with Crippen molar-refractivity contribution in [3.05, 3.63) is 29.8 Å². The molecule has 0 aliphatic carbocycles. The lowest BCUT2D eigenvalue weighted by Crippen LogP contribution is -2.06. The van der Waals surface area contributed by atoms with Gasteiger partial charge in [-0.05, 0) is 22.6 Å². The number of methoxy groups -OCH3 is 1. The molecule has 19 heavy (non-hydrogen) atoms. The molecule has 0 saturated carbocycles. The first-order chi connectivity index (χ1) is 9.11. The molecule has 1 aromatic carbocycles. The number of aryl methyl sites for hydroxylation is 1. The van der Waals surface area contributed by atoms with Crippen LogP contribution in [0.1, 0.15) is 12.2 Å². The largest absolute Gasteiger partial charge is 0.494 e. The SMILES string of the molecule is COc1ccc(-n2nnnc2CCC(=O)O)cc1F. The van der Waals surface area contributed by atoms with E-state index in [1.54, 1.807) is 6.07 Å². The topological polar surface area (TPSA) is 90.1 Å². The van der Waals surface area contributed by atoms with Gasteiger partial charge in [0.2, 0.25) is 0 Å². The second-order valence-corrected chi connectivity index (χ2v) is 3.72. The Morgan fingerprint density at radius 1 is 1.53 bits per heavy atom. The maximum atomic E-state index is 13.6. The number of hydrogen-bond donors (Lipinski definition) is 1. The van der Waals surface area contributed by atoms with Gasteiger partial charge in [-0.3, -0.25) is 4.79 Å². The molecule has 2 rings (SSSR count). The summed E-state index contributed by atoms with van der Waals surface area (Å²) in [5.74, 6) is -1.02. The average molecular weight is 266 g/mol. The fourth-order valence-electron chi connectivity index (χ4n) is 1.57. The summed E-state index contributed by atoms with van der Waals surface area (Å²) in [7, 11) is 1.37. The number of carbonyl (C=O) groups is 1. The summed E-state index contributed by atoms with van der Waals surface area (Å²) < 4.78 is 19.7. The fourth-order valence-corrected chi connectivity index (χ4v) is 1.57. The first kappa shape index (κ1) is 12.9. The Kier molecular flexibility index (Phi) is 3.69. The standard InChI is InChI=1S/C11H11FN4O3/c1-19-9-3-2-7(6-8(9)12)16-10(13-14-15-16)4-5-11(17)18/h2-3,6H,4-5H2,1H3,(H,17,18). The summed E-state index contributed by atoms with van der Waals surface area (Å²) in [5, 5.41) is 19.5. The van der Waals surface area contributed by atoms with E-state index in [9.17, 15) is 9.18 Å². The second-order valence-electron chi connectivity index (χ2n) is 3.72. The number of aromatic nitrogens is 4. The molecule has 0 radical (unpaired) electrons. The van der Waals surface area contributed by atoms with Crippen molar-refractivity contribution in [2.75, 3.05) is 7.11 Å². The van der Waals surface area contributed by atoms with E-state index in [2.05, 4.69) is 15.5 Å². The number of carboxylic acids is 1. The monoisotopic (exact) mass is 266 g/mol. The van der Waals surface area contributed by atoms with E-state index in [1.807, 2.05) is 0 Å². The molecule has 0 spiro atoms. The number of hydrogen-bond acceptors (Lipinski definition) is 5. The van der Waals surface area contributed by atoms with Gasteiger partial charge in [0.25, 0.3) is 0 Å². The van der Waals surface area contributed by atoms with E-state index in [0.29, 0.717) is 11.5 Å². The van der Waals surface area contributed by atoms with Gasteiger partial charge in [0, 0.05) is 12.5 Å². The number of aliphatic carboxylic acids is 1. The molecule has 8 heteroatoms. The smallest absolute Gasteiger partial charge is 0.303 e. The Morgan fingerprint density at radius 2 is 2.32 bits per heavy atom. The quantitative estimate of drug-likeness (QED) is 0.861. The number of benzene rings is 1. The van der Waals surface area contributed by atoms with E-state index < -0.39 is 11.8 Å². The van der Waals surface area contributed by atoms with Crippen LogP contribution < -0.4 is 4.74 Å². The van der Waals surface area contributed by atoms with Gasteiger partial charge in [-0.25, -0.2) is 4.39 Å². The van der Waals surface area contributed by atoms with E-state index in [0.717, 1.165) is 0 Å². The van der Waals surface area contributed by atoms with Gasteiger partial charge in [-0.15, -0.1) is 5.10 Å². The van der Waals surface area contributed by atoms with Crippen LogP contribution in [-0.4, -0.2) is 38.4 Å². The van der Waals surface area contributed by atoms with Crippen LogP contribution in [0.4, 0.5) is 4.39 Å². The molecule has 1 heterocycles. The van der Waals surface area contributed by atoms with Crippen LogP contribution in [0.3, 0.4) is 0 Å². The summed E-state index contributed by atoms with van der Waals surface area (Å²) in [6.45, 7) is 0. The molecule has 0 amide bonds. The highest BCUT2D eigenvalue weighted by Gasteiger charge is 2.12. The van der Waals surface area contributed by atoms with E-state index >= 15 is 0 Å². The molecule has 0 aliphatic heterocycles. The van der Waals surface area contributed by atoms with Gasteiger partial charge in [-0.1, -0.05) is 0 Å². The molecule has 1 aromatic heterocycles. The van der Waals surface area contributed by atoms with Crippen molar-refractivity contribution in [1.82, 2.24) is 20.2 Å². The molecule has 2 aromatic rings. The van der Waals surface area contributed by atoms with Crippen LogP contribution in [0.25, 0.3) is 5.69 Å². The summed E-state index contributed by atoms with van der Waals surface area (Å²) in [4.78, 5) is 10.5. The Balaban J connectivity index is 2.29. The summed E-state index contributed by atoms with van der Waals surface area (Å²) in [6, 6.07) is 4.26. The van der Waals surface area contributed by atoms with Gasteiger partial charge in [0.05, 0.1) is 19.2 Å². The van der Waals surface area contributed by atoms with Gasteiger partial charge in [0.1, 0.15) is 0 Å². The molecule has 0 aliphatic rings. The summed E-state index contributed by atoms with van der Waals surface area (Å²) >= 11 is 0. The molecule has 100 valence electrons. The normalized spacial score (nSPS) is 10.4. The third kappa shape index (κ3) is 2.84. The third-order valence-corrected chi connectivity index (χ3v) is 2.48. The number of carboxylic acid groups (broad SMARTS) is 1. The maximum Gasteiger partial charge on any atom is 0.303 e. The lowest BCUT2D eigenvalue weighted by molar-refractivity contribution is -0.137. The van der Waals surface area contributed by atoms with Gasteiger partial charge >= 0.3 is 5.97 Å². The molecule has 0 fully saturated rings. The average Bonchev–Trinajstić information content (AvgIpc) is 2.84. The Hall–Kier alpha value is -2.51. The molecule has 1 N–H and O–H groups in total. The number of rotatable bonds is 5. The third-order valence-electron chi connectivity index (χ3n) is 2.48. The van der Waals surface area contributed by atoms with Crippen LogP contribution in [0, 0.1) is 5.82 Å². The number of tetrazole rings is 1. The second kappa shape index (κ2) is 5.42. The predicted molar refractivity (Wildman–Crippen MR) is 61.6 cm³/mol. The Bertz CT molecular complexity index is 599. The minimum Gasteiger partial charge on any atom is -0.494 e. The van der Waals surface area contributed by atoms with Crippen molar-refractivity contribution < 1.29 is 19.0 Å². The van der Waals surface area contributed by atoms with E-state index in [-0.39, 0.29) is 18.6 Å². The first-order valence-electron chi connectivity index (χ1n) is 5.45. The van der Waals surface area contributed by atoms with Crippen molar-refractivity contribution in [2.45, 2.75) is 12.8 Å². The molecule has 0 saturated heterocycles. The molecule has 0 unspecified atom stereocenters. The molecular weight excluding hydrogens is 255 g/mol. The van der Waals surface area contributed by atoms with Crippen molar-refractivity contribution in [1.29, 1.82) is 0 Å². The fraction of sp³-hybridized carbons (Fsp3) is 0.273. The molecule has 0 bridgehead atoms. The molecule has 7 nitrogen and oxygen atoms in total. The number of nitrogens with zero attached hydrogens (tertiary/aromatic N) is 4. The van der Waals surface area contributed by atoms with Crippen molar-refractivity contribution in [2.24, 2.45) is 0 Å². The summed E-state index contributed by atoms with van der Waals surface area (Å²) in [6.07, 6.45) is 0.0645. The summed E-state index contributed by atoms with van der Waals surface area (Å²) in [5.41, 5.74) is 0.406. The Morgan fingerprint density at radius 3 is 2.95 bits per heavy atom. The van der Waals surface area contributed by atoms with Crippen molar-refractivity contribution in [3.8, 4) is 11.4 Å². The van der Waals surface area contributed by atoms with Gasteiger partial charge in [0.15, 0.2) is 17.4 Å². The van der Waals surface area contributed by atoms with Crippen molar-refractivity contribution >= 4 is 5.97 Å². The number of ether oxygens (including phenoxy) is 1. The van der Waals surface area contributed by atoms with Crippen LogP contribution in [0.5, 0.6) is 5.75 Å². The highest BCUT2D eigenvalue weighted by molar-refractivity contribution is 5.66. The zero-order valence-corrected chi connectivity index (χ0v) is 10.1. The zero-order chi connectivity index (χ0) is 13.8. The molecule has 0 atom stereocenters. The predicted octanol–water partition coefficient (Wildman–Crippen LogP) is 0.827. The lowest BCUT2D eigenvalue weighted by Gasteiger charge is -2.06. The van der Waals surface area contributed by atoms with Gasteiger partial charge < -0.3 is 9.84 Å². The van der Waals surface area contributed by atoms with Gasteiger partial charge in [-0.2, -0.15) is 4.68 Å². The Labute approximate surface area is 107 Å². The van der Waals surface area contributed by atoms with Crippen LogP contribution in [0.15, 0.2) is 18.2 Å². The van der Waals surface area contributed by atoms with E-state index in [1.165, 1.54) is 23.9 Å². The first-order valence-corrected chi connectivity index (χ1v) is 5.45. The van der Waals surface area contributed by atoms with Crippen LogP contribution >= 0.6 is 0 Å². The maximum absolute atomic E-state index is 13.6. The minimum absolute atomic E-state index is 0.0982. The number of halogens is 1. The molecular formula is C11H11FN4O3. The lowest BCUT2D eigenvalue weighted by atomic mass is 10.2. The van der Waals surface area contributed by atoms with Crippen LogP contribution in [-0.2, 0) is 11.2 Å². The van der Waals surface area contributed by atoms with E-state index in [4.69, 9.17) is 9.84 Å². The highest BCUT2D eigenvalue weighted by atomic mass is 19.1.